The molecule has 1 aromatic carbocycles. The van der Waals surface area contributed by atoms with Gasteiger partial charge in [-0.25, -0.2) is 4.98 Å². The summed E-state index contributed by atoms with van der Waals surface area (Å²) in [5, 5.41) is 12.9. The first-order valence-corrected chi connectivity index (χ1v) is 7.06. The molecule has 0 atom stereocenters. The fourth-order valence-corrected chi connectivity index (χ4v) is 2.94. The quantitative estimate of drug-likeness (QED) is 0.337. The molecule has 2 aromatic heterocycles. The molecule has 6 heteroatoms. The van der Waals surface area contributed by atoms with Crippen LogP contribution in [-0.4, -0.2) is 21.0 Å². The molecule has 2 heterocycles. The lowest BCUT2D eigenvalue weighted by atomic mass is 10.1. The maximum absolute atomic E-state index is 8.97. The fraction of sp³-hybridized carbons (Fsp3) is 0. The largest absolute Gasteiger partial charge is 0.409 e. The van der Waals surface area contributed by atoms with Gasteiger partial charge in [0.25, 0.3) is 0 Å². The smallest absolute Gasteiger partial charge is 0.182 e. The first-order chi connectivity index (χ1) is 10.3. The Hall–Kier alpha value is -2.73. The topological polar surface area (TPSA) is 84.4 Å². The lowest BCUT2D eigenvalue weighted by Gasteiger charge is -1.99. The number of benzene rings is 1. The van der Waals surface area contributed by atoms with Crippen molar-refractivity contribution in [2.75, 3.05) is 0 Å². The first kappa shape index (κ1) is 13.3. The summed E-state index contributed by atoms with van der Waals surface area (Å²) in [7, 11) is 0. The molecule has 0 aliphatic heterocycles. The molecule has 21 heavy (non-hydrogen) atoms. The Morgan fingerprint density at radius 2 is 1.76 bits per heavy atom. The van der Waals surface area contributed by atoms with Crippen molar-refractivity contribution in [1.29, 1.82) is 0 Å². The number of nitrogens with two attached hydrogens (primary N) is 1. The Kier molecular flexibility index (Phi) is 3.61. The van der Waals surface area contributed by atoms with Gasteiger partial charge >= 0.3 is 0 Å². The number of hydrogen-bond donors (Lipinski definition) is 2. The predicted octanol–water partition coefficient (Wildman–Crippen LogP) is 2.97. The van der Waals surface area contributed by atoms with Crippen LogP contribution in [0.25, 0.3) is 21.8 Å². The van der Waals surface area contributed by atoms with Crippen LogP contribution in [0.3, 0.4) is 0 Å². The lowest BCUT2D eigenvalue weighted by molar-refractivity contribution is 0.319. The van der Waals surface area contributed by atoms with Gasteiger partial charge in [-0.05, 0) is 12.1 Å². The summed E-state index contributed by atoms with van der Waals surface area (Å²) in [6, 6.07) is 13.4. The Morgan fingerprint density at radius 3 is 2.43 bits per heavy atom. The first-order valence-electron chi connectivity index (χ1n) is 6.24. The Morgan fingerprint density at radius 1 is 1.05 bits per heavy atom. The highest BCUT2D eigenvalue weighted by Crippen LogP contribution is 2.33. The SMILES string of the molecule is N/C(=N/O)c1sc(-c2ccncc2)nc1-c1ccccc1. The number of hydrogen-bond acceptors (Lipinski definition) is 5. The Balaban J connectivity index is 2.17. The third-order valence-corrected chi connectivity index (χ3v) is 4.07. The molecule has 5 nitrogen and oxygen atoms in total. The van der Waals surface area contributed by atoms with Crippen LogP contribution in [0.4, 0.5) is 0 Å². The van der Waals surface area contributed by atoms with E-state index in [0.717, 1.165) is 16.1 Å². The normalized spacial score (nSPS) is 11.5. The molecular formula is C15H12N4OS. The number of rotatable bonds is 3. The van der Waals surface area contributed by atoms with Crippen molar-refractivity contribution >= 4 is 17.2 Å². The zero-order valence-electron chi connectivity index (χ0n) is 11.0. The summed E-state index contributed by atoms with van der Waals surface area (Å²) >= 11 is 1.39. The van der Waals surface area contributed by atoms with Crippen LogP contribution in [0.1, 0.15) is 4.88 Å². The molecule has 0 spiro atoms. The van der Waals surface area contributed by atoms with Gasteiger partial charge < -0.3 is 10.9 Å². The van der Waals surface area contributed by atoms with Gasteiger partial charge in [-0.2, -0.15) is 0 Å². The highest BCUT2D eigenvalue weighted by atomic mass is 32.1. The van der Waals surface area contributed by atoms with Crippen molar-refractivity contribution < 1.29 is 5.21 Å². The van der Waals surface area contributed by atoms with Crippen molar-refractivity contribution in [3.05, 3.63) is 59.7 Å². The van der Waals surface area contributed by atoms with E-state index < -0.39 is 0 Å². The predicted molar refractivity (Wildman–Crippen MR) is 83.3 cm³/mol. The van der Waals surface area contributed by atoms with Crippen molar-refractivity contribution in [3.8, 4) is 21.8 Å². The number of aromatic nitrogens is 2. The van der Waals surface area contributed by atoms with E-state index in [1.165, 1.54) is 11.3 Å². The third-order valence-electron chi connectivity index (χ3n) is 2.94. The van der Waals surface area contributed by atoms with Crippen LogP contribution >= 0.6 is 11.3 Å². The van der Waals surface area contributed by atoms with Crippen LogP contribution in [0.5, 0.6) is 0 Å². The second kappa shape index (κ2) is 5.72. The number of amidine groups is 1. The molecule has 3 N–H and O–H groups in total. The van der Waals surface area contributed by atoms with Gasteiger partial charge in [-0.1, -0.05) is 35.5 Å². The molecule has 0 radical (unpaired) electrons. The molecule has 3 aromatic rings. The van der Waals surface area contributed by atoms with E-state index in [1.807, 2.05) is 42.5 Å². The van der Waals surface area contributed by atoms with Crippen LogP contribution in [0, 0.1) is 0 Å². The summed E-state index contributed by atoms with van der Waals surface area (Å²) in [6.45, 7) is 0. The lowest BCUT2D eigenvalue weighted by Crippen LogP contribution is -2.12. The maximum Gasteiger partial charge on any atom is 0.182 e. The van der Waals surface area contributed by atoms with Gasteiger partial charge in [-0.3, -0.25) is 4.98 Å². The minimum Gasteiger partial charge on any atom is -0.409 e. The molecule has 104 valence electrons. The molecule has 0 unspecified atom stereocenters. The number of thiazole rings is 1. The number of pyridine rings is 1. The zero-order valence-corrected chi connectivity index (χ0v) is 11.8. The average Bonchev–Trinajstić information content (AvgIpc) is 3.01. The van der Waals surface area contributed by atoms with Crippen LogP contribution in [0.15, 0.2) is 60.0 Å². The van der Waals surface area contributed by atoms with E-state index in [0.29, 0.717) is 10.6 Å². The van der Waals surface area contributed by atoms with Crippen molar-refractivity contribution in [2.45, 2.75) is 0 Å². The second-order valence-corrected chi connectivity index (χ2v) is 5.28. The van der Waals surface area contributed by atoms with Gasteiger partial charge in [0, 0.05) is 23.5 Å². The monoisotopic (exact) mass is 296 g/mol. The second-order valence-electron chi connectivity index (χ2n) is 4.28. The van der Waals surface area contributed by atoms with Crippen LogP contribution in [-0.2, 0) is 0 Å². The van der Waals surface area contributed by atoms with Gasteiger partial charge in [0.05, 0.1) is 5.69 Å². The molecule has 0 bridgehead atoms. The molecular weight excluding hydrogens is 284 g/mol. The van der Waals surface area contributed by atoms with Gasteiger partial charge in [0.15, 0.2) is 5.84 Å². The number of oxime groups is 1. The van der Waals surface area contributed by atoms with Crippen LogP contribution < -0.4 is 5.73 Å². The highest BCUT2D eigenvalue weighted by Gasteiger charge is 2.17. The molecule has 0 aliphatic carbocycles. The summed E-state index contributed by atoms with van der Waals surface area (Å²) in [6.07, 6.45) is 3.42. The standard InChI is InChI=1S/C15H12N4OS/c16-14(19-20)13-12(10-4-2-1-3-5-10)18-15(21-13)11-6-8-17-9-7-11/h1-9,20H,(H2,16,19). The highest BCUT2D eigenvalue weighted by molar-refractivity contribution is 7.17. The summed E-state index contributed by atoms with van der Waals surface area (Å²) in [4.78, 5) is 9.29. The molecule has 0 amide bonds. The minimum atomic E-state index is 0.0617. The van der Waals surface area contributed by atoms with Crippen LogP contribution in [0.2, 0.25) is 0 Å². The van der Waals surface area contributed by atoms with Crippen molar-refractivity contribution in [3.63, 3.8) is 0 Å². The van der Waals surface area contributed by atoms with Gasteiger partial charge in [0.1, 0.15) is 9.88 Å². The Bertz CT molecular complexity index is 769. The zero-order chi connectivity index (χ0) is 14.7. The third kappa shape index (κ3) is 2.61. The van der Waals surface area contributed by atoms with Gasteiger partial charge in [0.2, 0.25) is 0 Å². The van der Waals surface area contributed by atoms with E-state index in [1.54, 1.807) is 12.4 Å². The summed E-state index contributed by atoms with van der Waals surface area (Å²) in [5.41, 5.74) is 8.37. The van der Waals surface area contributed by atoms with E-state index in [4.69, 9.17) is 10.9 Å². The van der Waals surface area contributed by atoms with Gasteiger partial charge in [-0.15, -0.1) is 11.3 Å². The Labute approximate surface area is 125 Å². The fourth-order valence-electron chi connectivity index (χ4n) is 1.95. The van der Waals surface area contributed by atoms with E-state index in [-0.39, 0.29) is 5.84 Å². The summed E-state index contributed by atoms with van der Waals surface area (Å²) < 4.78 is 0. The minimum absolute atomic E-state index is 0.0617. The maximum atomic E-state index is 8.97. The van der Waals surface area contributed by atoms with E-state index in [2.05, 4.69) is 15.1 Å². The van der Waals surface area contributed by atoms with Crippen molar-refractivity contribution in [2.24, 2.45) is 10.9 Å². The molecule has 3 rings (SSSR count). The molecule has 0 fully saturated rings. The van der Waals surface area contributed by atoms with E-state index >= 15 is 0 Å². The molecule has 0 saturated carbocycles. The molecule has 0 saturated heterocycles. The van der Waals surface area contributed by atoms with Crippen molar-refractivity contribution in [1.82, 2.24) is 9.97 Å². The summed E-state index contributed by atoms with van der Waals surface area (Å²) in [5.74, 6) is 0.0617. The number of nitrogens with zero attached hydrogens (tertiary/aromatic N) is 3. The molecule has 0 aliphatic rings. The van der Waals surface area contributed by atoms with E-state index in [9.17, 15) is 0 Å². The average molecular weight is 296 g/mol.